The SMILES string of the molecule is CCc1cc(I)ccc1NC(=S)NC(=O)c1cc(Br)ccc1OC. The molecule has 2 aromatic rings. The number of benzene rings is 2. The van der Waals surface area contributed by atoms with E-state index in [1.807, 2.05) is 18.2 Å². The Morgan fingerprint density at radius 2 is 2.04 bits per heavy atom. The van der Waals surface area contributed by atoms with Crippen molar-refractivity contribution in [2.24, 2.45) is 0 Å². The first-order valence-electron chi connectivity index (χ1n) is 7.19. The Balaban J connectivity index is 2.13. The molecule has 0 fully saturated rings. The molecule has 0 aliphatic carbocycles. The quantitative estimate of drug-likeness (QED) is 0.453. The Hall–Kier alpha value is -1.19. The number of thiocarbonyl (C=S) groups is 1. The first-order valence-corrected chi connectivity index (χ1v) is 9.47. The summed E-state index contributed by atoms with van der Waals surface area (Å²) in [7, 11) is 1.52. The third kappa shape index (κ3) is 4.90. The van der Waals surface area contributed by atoms with Crippen molar-refractivity contribution in [2.45, 2.75) is 13.3 Å². The second-order valence-corrected chi connectivity index (χ2v) is 7.48. The minimum absolute atomic E-state index is 0.248. The molecular formula is C17H16BrIN2O2S. The van der Waals surface area contributed by atoms with Crippen LogP contribution in [-0.4, -0.2) is 18.1 Å². The second-order valence-electron chi connectivity index (χ2n) is 4.91. The number of ether oxygens (including phenoxy) is 1. The summed E-state index contributed by atoms with van der Waals surface area (Å²) in [5.74, 6) is 0.163. The summed E-state index contributed by atoms with van der Waals surface area (Å²) in [6.07, 6.45) is 0.870. The fourth-order valence-corrected chi connectivity index (χ4v) is 3.28. The number of amides is 1. The van der Waals surface area contributed by atoms with Gasteiger partial charge in [-0.1, -0.05) is 22.9 Å². The minimum atomic E-state index is -0.325. The molecule has 2 rings (SSSR count). The highest BCUT2D eigenvalue weighted by Gasteiger charge is 2.14. The van der Waals surface area contributed by atoms with Gasteiger partial charge in [0.25, 0.3) is 5.91 Å². The van der Waals surface area contributed by atoms with Crippen molar-refractivity contribution in [1.82, 2.24) is 5.32 Å². The number of carbonyl (C=O) groups excluding carboxylic acids is 1. The van der Waals surface area contributed by atoms with Gasteiger partial charge in [-0.15, -0.1) is 0 Å². The summed E-state index contributed by atoms with van der Waals surface area (Å²) in [5.41, 5.74) is 2.44. The highest BCUT2D eigenvalue weighted by molar-refractivity contribution is 14.1. The van der Waals surface area contributed by atoms with Crippen LogP contribution in [0.15, 0.2) is 40.9 Å². The summed E-state index contributed by atoms with van der Waals surface area (Å²) in [4.78, 5) is 12.4. The highest BCUT2D eigenvalue weighted by Crippen LogP contribution is 2.23. The number of rotatable bonds is 4. The molecule has 0 unspecified atom stereocenters. The zero-order valence-corrected chi connectivity index (χ0v) is 17.7. The predicted molar refractivity (Wildman–Crippen MR) is 113 cm³/mol. The summed E-state index contributed by atoms with van der Waals surface area (Å²) in [6, 6.07) is 11.3. The van der Waals surface area contributed by atoms with E-state index in [4.69, 9.17) is 17.0 Å². The Kier molecular flexibility index (Phi) is 7.00. The number of methoxy groups -OCH3 is 1. The molecule has 0 saturated carbocycles. The van der Waals surface area contributed by atoms with E-state index in [1.165, 1.54) is 7.11 Å². The zero-order chi connectivity index (χ0) is 17.7. The molecule has 0 aromatic heterocycles. The second kappa shape index (κ2) is 8.77. The third-order valence-electron chi connectivity index (χ3n) is 3.33. The number of aryl methyl sites for hydroxylation is 1. The van der Waals surface area contributed by atoms with Crippen molar-refractivity contribution in [3.63, 3.8) is 0 Å². The van der Waals surface area contributed by atoms with Crippen molar-refractivity contribution in [1.29, 1.82) is 0 Å². The van der Waals surface area contributed by atoms with E-state index in [1.54, 1.807) is 12.1 Å². The fraction of sp³-hybridized carbons (Fsp3) is 0.176. The number of anilines is 1. The normalized spacial score (nSPS) is 10.2. The van der Waals surface area contributed by atoms with Gasteiger partial charge >= 0.3 is 0 Å². The molecule has 0 spiro atoms. The Bertz CT molecular complexity index is 783. The van der Waals surface area contributed by atoms with Crippen molar-refractivity contribution in [3.05, 3.63) is 55.6 Å². The fourth-order valence-electron chi connectivity index (χ4n) is 2.16. The molecule has 0 bridgehead atoms. The lowest BCUT2D eigenvalue weighted by atomic mass is 10.1. The first kappa shape index (κ1) is 19.1. The molecule has 0 saturated heterocycles. The summed E-state index contributed by atoms with van der Waals surface area (Å²) >= 11 is 10.9. The third-order valence-corrected chi connectivity index (χ3v) is 4.70. The van der Waals surface area contributed by atoms with Gasteiger partial charge in [-0.2, -0.15) is 0 Å². The zero-order valence-electron chi connectivity index (χ0n) is 13.2. The predicted octanol–water partition coefficient (Wildman–Crippen LogP) is 4.75. The lowest BCUT2D eigenvalue weighted by Gasteiger charge is -2.14. The summed E-state index contributed by atoms with van der Waals surface area (Å²) in [6.45, 7) is 2.07. The van der Waals surface area contributed by atoms with Crippen LogP contribution in [0.4, 0.5) is 5.69 Å². The Morgan fingerprint density at radius 3 is 2.71 bits per heavy atom. The van der Waals surface area contributed by atoms with Gasteiger partial charge in [0.1, 0.15) is 5.75 Å². The maximum Gasteiger partial charge on any atom is 0.261 e. The largest absolute Gasteiger partial charge is 0.496 e. The van der Waals surface area contributed by atoms with Crippen molar-refractivity contribution in [2.75, 3.05) is 12.4 Å². The van der Waals surface area contributed by atoms with Crippen molar-refractivity contribution < 1.29 is 9.53 Å². The first-order chi connectivity index (χ1) is 11.4. The molecule has 126 valence electrons. The Labute approximate surface area is 168 Å². The van der Waals surface area contributed by atoms with Crippen LogP contribution in [0.3, 0.4) is 0 Å². The maximum absolute atomic E-state index is 12.4. The molecule has 7 heteroatoms. The van der Waals surface area contributed by atoms with E-state index in [0.717, 1.165) is 25.7 Å². The van der Waals surface area contributed by atoms with Gasteiger partial charge in [-0.25, -0.2) is 0 Å². The molecule has 0 aliphatic heterocycles. The number of hydrogen-bond donors (Lipinski definition) is 2. The smallest absolute Gasteiger partial charge is 0.261 e. The van der Waals surface area contributed by atoms with Gasteiger partial charge < -0.3 is 10.1 Å². The molecule has 2 aromatic carbocycles. The van der Waals surface area contributed by atoms with Gasteiger partial charge in [-0.05, 0) is 83.2 Å². The number of halogens is 2. The summed E-state index contributed by atoms with van der Waals surface area (Å²) in [5, 5.41) is 6.02. The van der Waals surface area contributed by atoms with E-state index in [9.17, 15) is 4.79 Å². The minimum Gasteiger partial charge on any atom is -0.496 e. The van der Waals surface area contributed by atoms with E-state index in [2.05, 4.69) is 62.1 Å². The molecule has 0 aliphatic rings. The van der Waals surface area contributed by atoms with E-state index < -0.39 is 0 Å². The molecule has 4 nitrogen and oxygen atoms in total. The highest BCUT2D eigenvalue weighted by atomic mass is 127. The van der Waals surface area contributed by atoms with Crippen LogP contribution < -0.4 is 15.4 Å². The molecule has 2 N–H and O–H groups in total. The maximum atomic E-state index is 12.4. The topological polar surface area (TPSA) is 50.4 Å². The molecule has 0 heterocycles. The lowest BCUT2D eigenvalue weighted by molar-refractivity contribution is 0.0974. The van der Waals surface area contributed by atoms with Crippen molar-refractivity contribution >= 4 is 67.4 Å². The van der Waals surface area contributed by atoms with Crippen LogP contribution in [0.2, 0.25) is 0 Å². The van der Waals surface area contributed by atoms with Crippen LogP contribution in [-0.2, 0) is 6.42 Å². The molecular weight excluding hydrogens is 503 g/mol. The van der Waals surface area contributed by atoms with Crippen LogP contribution in [0.25, 0.3) is 0 Å². The molecule has 0 radical (unpaired) electrons. The van der Waals surface area contributed by atoms with Crippen molar-refractivity contribution in [3.8, 4) is 5.75 Å². The van der Waals surface area contributed by atoms with Gasteiger partial charge in [0.2, 0.25) is 0 Å². The number of hydrogen-bond acceptors (Lipinski definition) is 3. The van der Waals surface area contributed by atoms with Gasteiger partial charge in [0.15, 0.2) is 5.11 Å². The lowest BCUT2D eigenvalue weighted by Crippen LogP contribution is -2.34. The monoisotopic (exact) mass is 518 g/mol. The summed E-state index contributed by atoms with van der Waals surface area (Å²) < 4.78 is 7.17. The Morgan fingerprint density at radius 1 is 1.29 bits per heavy atom. The van der Waals surface area contributed by atoms with E-state index in [0.29, 0.717) is 11.3 Å². The van der Waals surface area contributed by atoms with Gasteiger partial charge in [0.05, 0.1) is 12.7 Å². The molecule has 24 heavy (non-hydrogen) atoms. The van der Waals surface area contributed by atoms with E-state index >= 15 is 0 Å². The average molecular weight is 519 g/mol. The molecule has 0 atom stereocenters. The number of carbonyl (C=O) groups is 1. The average Bonchev–Trinajstić information content (AvgIpc) is 2.56. The van der Waals surface area contributed by atoms with E-state index in [-0.39, 0.29) is 11.0 Å². The van der Waals surface area contributed by atoms with Crippen LogP contribution >= 0.6 is 50.7 Å². The van der Waals surface area contributed by atoms with Crippen LogP contribution in [0.5, 0.6) is 5.75 Å². The van der Waals surface area contributed by atoms with Crippen LogP contribution in [0, 0.1) is 3.57 Å². The number of nitrogens with one attached hydrogen (secondary N) is 2. The molecule has 1 amide bonds. The van der Waals surface area contributed by atoms with Gasteiger partial charge in [-0.3, -0.25) is 10.1 Å². The standard InChI is InChI=1S/C17H16BrIN2O2S/c1-3-10-8-12(19)5-6-14(10)20-17(24)21-16(22)13-9-11(18)4-7-15(13)23-2/h4-9H,3H2,1-2H3,(H2,20,21,22,24). The van der Waals surface area contributed by atoms with Crippen LogP contribution in [0.1, 0.15) is 22.8 Å². The van der Waals surface area contributed by atoms with Gasteiger partial charge in [0, 0.05) is 13.7 Å².